The molecular weight excluding hydrogens is 483 g/mol. The molecule has 0 aliphatic rings. The molecular formula is C28H24Cl2N2O3. The highest BCUT2D eigenvalue weighted by Crippen LogP contribution is 2.28. The Morgan fingerprint density at radius 2 is 1.60 bits per heavy atom. The number of fused-ring (bicyclic) bond motifs is 1. The quantitative estimate of drug-likeness (QED) is 0.309. The summed E-state index contributed by atoms with van der Waals surface area (Å²) in [6, 6.07) is 19.9. The molecule has 0 radical (unpaired) electrons. The Balaban J connectivity index is 1.60. The van der Waals surface area contributed by atoms with E-state index in [4.69, 9.17) is 32.9 Å². The number of ether oxygens (including phenoxy) is 1. The van der Waals surface area contributed by atoms with Gasteiger partial charge in [-0.05, 0) is 60.9 Å². The van der Waals surface area contributed by atoms with Crippen LogP contribution in [0, 0.1) is 13.8 Å². The fourth-order valence-electron chi connectivity index (χ4n) is 4.18. The summed E-state index contributed by atoms with van der Waals surface area (Å²) in [5.74, 6) is -1.11. The van der Waals surface area contributed by atoms with Crippen LogP contribution in [0.1, 0.15) is 27.0 Å². The van der Waals surface area contributed by atoms with E-state index in [9.17, 15) is 9.59 Å². The van der Waals surface area contributed by atoms with Gasteiger partial charge >= 0.3 is 5.97 Å². The van der Waals surface area contributed by atoms with Crippen molar-refractivity contribution in [2.45, 2.75) is 26.3 Å². The Kier molecular flexibility index (Phi) is 7.39. The van der Waals surface area contributed by atoms with Crippen LogP contribution in [0.3, 0.4) is 0 Å². The Morgan fingerprint density at radius 1 is 0.943 bits per heavy atom. The smallest absolute Gasteiger partial charge is 0.328 e. The Labute approximate surface area is 214 Å². The molecule has 0 fully saturated rings. The molecule has 1 heterocycles. The fourth-order valence-corrected chi connectivity index (χ4v) is 4.75. The first kappa shape index (κ1) is 24.7. The van der Waals surface area contributed by atoms with Crippen LogP contribution >= 0.6 is 23.2 Å². The molecule has 0 saturated carbocycles. The molecule has 4 rings (SSSR count). The summed E-state index contributed by atoms with van der Waals surface area (Å²) in [4.78, 5) is 30.2. The number of hydrogen-bond acceptors (Lipinski definition) is 4. The van der Waals surface area contributed by atoms with Crippen LogP contribution in [0.5, 0.6) is 0 Å². The minimum absolute atomic E-state index is 0.117. The van der Waals surface area contributed by atoms with Crippen molar-refractivity contribution in [1.82, 2.24) is 10.3 Å². The molecule has 1 amide bonds. The second-order valence-corrected chi connectivity index (χ2v) is 9.15. The van der Waals surface area contributed by atoms with Gasteiger partial charge in [0.05, 0.1) is 33.9 Å². The van der Waals surface area contributed by atoms with Crippen LogP contribution in [-0.2, 0) is 16.0 Å². The van der Waals surface area contributed by atoms with Crippen molar-refractivity contribution in [2.24, 2.45) is 0 Å². The number of pyridine rings is 1. The zero-order valence-electron chi connectivity index (χ0n) is 19.6. The minimum atomic E-state index is -0.917. The lowest BCUT2D eigenvalue weighted by atomic mass is 9.98. The number of carbonyl (C=O) groups excluding carboxylic acids is 2. The zero-order valence-corrected chi connectivity index (χ0v) is 21.1. The number of rotatable bonds is 6. The molecule has 7 heteroatoms. The second-order valence-electron chi connectivity index (χ2n) is 8.34. The number of nitrogens with zero attached hydrogens (tertiary/aromatic N) is 1. The van der Waals surface area contributed by atoms with E-state index < -0.39 is 17.9 Å². The summed E-state index contributed by atoms with van der Waals surface area (Å²) in [6.45, 7) is 4.16. The van der Waals surface area contributed by atoms with Gasteiger partial charge in [-0.3, -0.25) is 4.79 Å². The van der Waals surface area contributed by atoms with Crippen LogP contribution in [0.15, 0.2) is 66.7 Å². The predicted molar refractivity (Wildman–Crippen MR) is 140 cm³/mol. The molecule has 0 spiro atoms. The van der Waals surface area contributed by atoms with Crippen molar-refractivity contribution < 1.29 is 14.3 Å². The monoisotopic (exact) mass is 506 g/mol. The Morgan fingerprint density at radius 3 is 2.26 bits per heavy atom. The van der Waals surface area contributed by atoms with Crippen molar-refractivity contribution in [3.63, 3.8) is 0 Å². The number of aromatic nitrogens is 1. The highest BCUT2D eigenvalue weighted by molar-refractivity contribution is 6.39. The second kappa shape index (κ2) is 10.5. The first-order chi connectivity index (χ1) is 16.8. The van der Waals surface area contributed by atoms with E-state index in [-0.39, 0.29) is 22.0 Å². The van der Waals surface area contributed by atoms with Gasteiger partial charge in [0.25, 0.3) is 5.91 Å². The van der Waals surface area contributed by atoms with Gasteiger partial charge in [0.2, 0.25) is 0 Å². The number of esters is 1. The molecule has 0 saturated heterocycles. The average Bonchev–Trinajstić information content (AvgIpc) is 2.83. The van der Waals surface area contributed by atoms with Gasteiger partial charge in [-0.2, -0.15) is 0 Å². The van der Waals surface area contributed by atoms with Crippen molar-refractivity contribution >= 4 is 46.0 Å². The Bertz CT molecular complexity index is 1390. The molecule has 178 valence electrons. The lowest BCUT2D eigenvalue weighted by Gasteiger charge is -2.18. The van der Waals surface area contributed by atoms with E-state index >= 15 is 0 Å². The third kappa shape index (κ3) is 5.31. The number of amides is 1. The molecule has 0 unspecified atom stereocenters. The van der Waals surface area contributed by atoms with Gasteiger partial charge in [-0.25, -0.2) is 9.78 Å². The molecule has 1 N–H and O–H groups in total. The molecule has 0 aliphatic heterocycles. The number of halogens is 2. The summed E-state index contributed by atoms with van der Waals surface area (Å²) in [6.07, 6.45) is 0.231. The summed E-state index contributed by atoms with van der Waals surface area (Å²) in [5.41, 5.74) is 6.19. The van der Waals surface area contributed by atoms with Gasteiger partial charge in [-0.1, -0.05) is 59.6 Å². The van der Waals surface area contributed by atoms with Gasteiger partial charge in [-0.15, -0.1) is 0 Å². The lowest BCUT2D eigenvalue weighted by molar-refractivity contribution is -0.142. The maximum Gasteiger partial charge on any atom is 0.328 e. The van der Waals surface area contributed by atoms with Gasteiger partial charge in [0, 0.05) is 17.4 Å². The molecule has 3 aromatic carbocycles. The van der Waals surface area contributed by atoms with Crippen LogP contribution in [0.25, 0.3) is 22.2 Å². The van der Waals surface area contributed by atoms with Gasteiger partial charge < -0.3 is 10.1 Å². The normalized spacial score (nSPS) is 11.8. The molecule has 4 aromatic rings. The summed E-state index contributed by atoms with van der Waals surface area (Å²) in [5, 5.41) is 4.05. The average molecular weight is 507 g/mol. The van der Waals surface area contributed by atoms with Crippen molar-refractivity contribution in [2.75, 3.05) is 7.11 Å². The standard InChI is InChI=1S/C28H24Cl2N2O3/c1-16-6-4-7-17(2)25(16)23-13-11-19-14-18(10-12-22(19)31-23)15-24(28(34)35-3)32-27(33)26-20(29)8-5-9-21(26)30/h4-14,24H,15H2,1-3H3,(H,32,33)/t24-/m0/s1. The minimum Gasteiger partial charge on any atom is -0.467 e. The van der Waals surface area contributed by atoms with Gasteiger partial charge in [0.1, 0.15) is 6.04 Å². The first-order valence-corrected chi connectivity index (χ1v) is 11.8. The van der Waals surface area contributed by atoms with E-state index in [1.54, 1.807) is 18.2 Å². The zero-order chi connectivity index (χ0) is 25.1. The molecule has 0 aliphatic carbocycles. The predicted octanol–water partition coefficient (Wildman–Crippen LogP) is 6.34. The topological polar surface area (TPSA) is 68.3 Å². The first-order valence-electron chi connectivity index (χ1n) is 11.1. The molecule has 1 atom stereocenters. The number of aryl methyl sites for hydroxylation is 2. The largest absolute Gasteiger partial charge is 0.467 e. The maximum absolute atomic E-state index is 12.8. The van der Waals surface area contributed by atoms with Crippen molar-refractivity contribution in [3.8, 4) is 11.3 Å². The molecule has 35 heavy (non-hydrogen) atoms. The van der Waals surface area contributed by atoms with E-state index in [0.717, 1.165) is 27.7 Å². The van der Waals surface area contributed by atoms with Crippen LogP contribution in [0.2, 0.25) is 10.0 Å². The number of nitrogens with one attached hydrogen (secondary N) is 1. The third-order valence-electron chi connectivity index (χ3n) is 5.91. The number of carbonyl (C=O) groups is 2. The van der Waals surface area contributed by atoms with Crippen LogP contribution in [-0.4, -0.2) is 30.0 Å². The number of methoxy groups -OCH3 is 1. The van der Waals surface area contributed by atoms with E-state index in [1.807, 2.05) is 36.4 Å². The van der Waals surface area contributed by atoms with E-state index in [2.05, 4.69) is 31.3 Å². The summed E-state index contributed by atoms with van der Waals surface area (Å²) < 4.78 is 4.92. The van der Waals surface area contributed by atoms with Gasteiger partial charge in [0.15, 0.2) is 0 Å². The van der Waals surface area contributed by atoms with Crippen molar-refractivity contribution in [1.29, 1.82) is 0 Å². The van der Waals surface area contributed by atoms with E-state index in [0.29, 0.717) is 0 Å². The molecule has 1 aromatic heterocycles. The SMILES string of the molecule is COC(=O)[C@H](Cc1ccc2nc(-c3c(C)cccc3C)ccc2c1)NC(=O)c1c(Cl)cccc1Cl. The highest BCUT2D eigenvalue weighted by Gasteiger charge is 2.25. The lowest BCUT2D eigenvalue weighted by Crippen LogP contribution is -2.43. The summed E-state index contributed by atoms with van der Waals surface area (Å²) >= 11 is 12.3. The van der Waals surface area contributed by atoms with Crippen LogP contribution in [0.4, 0.5) is 0 Å². The molecule has 0 bridgehead atoms. The third-order valence-corrected chi connectivity index (χ3v) is 6.54. The summed E-state index contributed by atoms with van der Waals surface area (Å²) in [7, 11) is 1.28. The number of hydrogen-bond donors (Lipinski definition) is 1. The maximum atomic E-state index is 12.8. The highest BCUT2D eigenvalue weighted by atomic mass is 35.5. The fraction of sp³-hybridized carbons (Fsp3) is 0.179. The Hall–Kier alpha value is -3.41. The molecule has 5 nitrogen and oxygen atoms in total. The van der Waals surface area contributed by atoms with E-state index in [1.165, 1.54) is 18.2 Å². The number of benzene rings is 3. The van der Waals surface area contributed by atoms with Crippen LogP contribution < -0.4 is 5.32 Å². The van der Waals surface area contributed by atoms with Crippen molar-refractivity contribution in [3.05, 3.63) is 99.0 Å².